The van der Waals surface area contributed by atoms with Gasteiger partial charge >= 0.3 is 0 Å². The topological polar surface area (TPSA) is 67.5 Å². The van der Waals surface area contributed by atoms with Gasteiger partial charge in [-0.15, -0.1) is 0 Å². The molecular weight excluding hydrogens is 266 g/mol. The van der Waals surface area contributed by atoms with E-state index in [1.807, 2.05) is 31.2 Å². The Bertz CT molecular complexity index is 738. The number of rotatable bonds is 2. The first kappa shape index (κ1) is 13.3. The van der Waals surface area contributed by atoms with E-state index < -0.39 is 0 Å². The fraction of sp³-hybridized carbons (Fsp3) is 0.188. The quantitative estimate of drug-likeness (QED) is 0.679. The minimum Gasteiger partial charge on any atom is -0.383 e. The maximum absolute atomic E-state index is 11.0. The number of hydrogen-bond donors (Lipinski definition) is 1. The lowest BCUT2D eigenvalue weighted by Gasteiger charge is -2.12. The van der Waals surface area contributed by atoms with Crippen molar-refractivity contribution in [2.45, 2.75) is 6.92 Å². The molecule has 0 bridgehead atoms. The lowest BCUT2D eigenvalue weighted by molar-refractivity contribution is -0.384. The van der Waals surface area contributed by atoms with Crippen LogP contribution < -0.4 is 5.32 Å². The number of benzodiazepines with no additional fused rings is 1. The van der Waals surface area contributed by atoms with Gasteiger partial charge in [0.2, 0.25) is 0 Å². The lowest BCUT2D eigenvalue weighted by Crippen LogP contribution is -2.07. The molecule has 1 heterocycles. The van der Waals surface area contributed by atoms with Crippen LogP contribution in [0.1, 0.15) is 16.7 Å². The minimum absolute atomic E-state index is 0.0822. The molecule has 1 N–H and O–H groups in total. The molecule has 0 spiro atoms. The zero-order valence-electron chi connectivity index (χ0n) is 11.7. The van der Waals surface area contributed by atoms with E-state index in [-0.39, 0.29) is 10.6 Å². The molecule has 0 amide bonds. The van der Waals surface area contributed by atoms with Crippen molar-refractivity contribution in [1.82, 2.24) is 0 Å². The van der Waals surface area contributed by atoms with E-state index in [1.54, 1.807) is 12.1 Å². The molecule has 0 aliphatic carbocycles. The second-order valence-electron chi connectivity index (χ2n) is 4.96. The SMILES string of the molecule is Cc1ccccc1C1=NCCNc2ccc([N+](=O)[O-])cc21. The summed E-state index contributed by atoms with van der Waals surface area (Å²) < 4.78 is 0. The fourth-order valence-electron chi connectivity index (χ4n) is 2.51. The molecule has 0 saturated heterocycles. The molecule has 2 aromatic rings. The largest absolute Gasteiger partial charge is 0.383 e. The molecule has 0 unspecified atom stereocenters. The Morgan fingerprint density at radius 1 is 1.19 bits per heavy atom. The molecule has 2 aromatic carbocycles. The number of nitrogens with zero attached hydrogens (tertiary/aromatic N) is 2. The van der Waals surface area contributed by atoms with E-state index in [0.29, 0.717) is 6.54 Å². The van der Waals surface area contributed by atoms with E-state index in [0.717, 1.165) is 34.6 Å². The number of benzene rings is 2. The summed E-state index contributed by atoms with van der Waals surface area (Å²) in [7, 11) is 0. The van der Waals surface area contributed by atoms with Crippen molar-refractivity contribution in [2.24, 2.45) is 4.99 Å². The maximum Gasteiger partial charge on any atom is 0.270 e. The van der Waals surface area contributed by atoms with Gasteiger partial charge in [-0.2, -0.15) is 0 Å². The summed E-state index contributed by atoms with van der Waals surface area (Å²) in [6.07, 6.45) is 0. The van der Waals surface area contributed by atoms with Crippen LogP contribution >= 0.6 is 0 Å². The molecule has 1 aliphatic heterocycles. The zero-order chi connectivity index (χ0) is 14.8. The van der Waals surface area contributed by atoms with E-state index in [9.17, 15) is 10.1 Å². The third-order valence-electron chi connectivity index (χ3n) is 3.57. The number of non-ortho nitro benzene ring substituents is 1. The highest BCUT2D eigenvalue weighted by Gasteiger charge is 2.19. The molecule has 21 heavy (non-hydrogen) atoms. The number of aryl methyl sites for hydroxylation is 1. The number of nitro benzene ring substituents is 1. The molecular formula is C16H15N3O2. The van der Waals surface area contributed by atoms with Crippen LogP contribution in [-0.2, 0) is 0 Å². The standard InChI is InChI=1S/C16H15N3O2/c1-11-4-2-3-5-13(11)16-14-10-12(19(20)21)6-7-15(14)17-8-9-18-16/h2-7,10,17H,8-9H2,1H3. The minimum atomic E-state index is -0.374. The zero-order valence-corrected chi connectivity index (χ0v) is 11.7. The number of fused-ring (bicyclic) bond motifs is 1. The summed E-state index contributed by atoms with van der Waals surface area (Å²) >= 11 is 0. The van der Waals surface area contributed by atoms with Crippen LogP contribution in [0.5, 0.6) is 0 Å². The van der Waals surface area contributed by atoms with Crippen molar-refractivity contribution >= 4 is 17.1 Å². The number of anilines is 1. The molecule has 0 saturated carbocycles. The van der Waals surface area contributed by atoms with Crippen LogP contribution in [0.25, 0.3) is 0 Å². The summed E-state index contributed by atoms with van der Waals surface area (Å²) in [6, 6.07) is 12.8. The van der Waals surface area contributed by atoms with Crippen LogP contribution in [0.3, 0.4) is 0 Å². The van der Waals surface area contributed by atoms with Gasteiger partial charge in [0.05, 0.1) is 17.2 Å². The fourth-order valence-corrected chi connectivity index (χ4v) is 2.51. The molecule has 106 valence electrons. The van der Waals surface area contributed by atoms with Crippen molar-refractivity contribution < 1.29 is 4.92 Å². The number of nitrogens with one attached hydrogen (secondary N) is 1. The highest BCUT2D eigenvalue weighted by atomic mass is 16.6. The van der Waals surface area contributed by atoms with E-state index in [4.69, 9.17) is 0 Å². The van der Waals surface area contributed by atoms with Crippen LogP contribution in [0, 0.1) is 17.0 Å². The molecule has 3 rings (SSSR count). The van der Waals surface area contributed by atoms with Gasteiger partial charge in [-0.3, -0.25) is 15.1 Å². The van der Waals surface area contributed by atoms with Gasteiger partial charge in [0.1, 0.15) is 0 Å². The van der Waals surface area contributed by atoms with E-state index in [2.05, 4.69) is 10.3 Å². The smallest absolute Gasteiger partial charge is 0.270 e. The van der Waals surface area contributed by atoms with Crippen molar-refractivity contribution in [2.75, 3.05) is 18.4 Å². The predicted octanol–water partition coefficient (Wildman–Crippen LogP) is 3.17. The molecule has 5 heteroatoms. The monoisotopic (exact) mass is 281 g/mol. The van der Waals surface area contributed by atoms with E-state index >= 15 is 0 Å². The first-order valence-electron chi connectivity index (χ1n) is 6.80. The van der Waals surface area contributed by atoms with Gasteiger partial charge in [0, 0.05) is 35.5 Å². The number of hydrogen-bond acceptors (Lipinski definition) is 4. The van der Waals surface area contributed by atoms with Crippen molar-refractivity contribution in [3.8, 4) is 0 Å². The van der Waals surface area contributed by atoms with Crippen molar-refractivity contribution in [1.29, 1.82) is 0 Å². The Morgan fingerprint density at radius 2 is 2.00 bits per heavy atom. The first-order chi connectivity index (χ1) is 10.2. The van der Waals surface area contributed by atoms with Gasteiger partial charge in [0.15, 0.2) is 0 Å². The third kappa shape index (κ3) is 2.50. The Hall–Kier alpha value is -2.69. The van der Waals surface area contributed by atoms with Crippen LogP contribution in [0.2, 0.25) is 0 Å². The van der Waals surface area contributed by atoms with Crippen molar-refractivity contribution in [3.05, 3.63) is 69.3 Å². The Morgan fingerprint density at radius 3 is 2.76 bits per heavy atom. The lowest BCUT2D eigenvalue weighted by atomic mass is 9.96. The summed E-state index contributed by atoms with van der Waals surface area (Å²) in [6.45, 7) is 3.39. The van der Waals surface area contributed by atoms with Crippen LogP contribution in [0.15, 0.2) is 47.5 Å². The van der Waals surface area contributed by atoms with Gasteiger partial charge in [-0.25, -0.2) is 0 Å². The second kappa shape index (κ2) is 5.36. The van der Waals surface area contributed by atoms with E-state index in [1.165, 1.54) is 6.07 Å². The maximum atomic E-state index is 11.0. The first-order valence-corrected chi connectivity index (χ1v) is 6.80. The average molecular weight is 281 g/mol. The molecule has 0 atom stereocenters. The molecule has 1 aliphatic rings. The summed E-state index contributed by atoms with van der Waals surface area (Å²) in [5.74, 6) is 0. The second-order valence-corrected chi connectivity index (χ2v) is 4.96. The van der Waals surface area contributed by atoms with Gasteiger partial charge in [-0.1, -0.05) is 24.3 Å². The molecule has 0 fully saturated rings. The van der Waals surface area contributed by atoms with Crippen LogP contribution in [0.4, 0.5) is 11.4 Å². The van der Waals surface area contributed by atoms with Crippen LogP contribution in [-0.4, -0.2) is 23.7 Å². The van der Waals surface area contributed by atoms with Crippen molar-refractivity contribution in [3.63, 3.8) is 0 Å². The molecule has 0 radical (unpaired) electrons. The van der Waals surface area contributed by atoms with Gasteiger partial charge < -0.3 is 5.32 Å². The summed E-state index contributed by atoms with van der Waals surface area (Å²) in [5, 5.41) is 14.3. The number of nitro groups is 1. The third-order valence-corrected chi connectivity index (χ3v) is 3.57. The molecule has 5 nitrogen and oxygen atoms in total. The Labute approximate surface area is 122 Å². The highest BCUT2D eigenvalue weighted by Crippen LogP contribution is 2.27. The van der Waals surface area contributed by atoms with Gasteiger partial charge in [-0.05, 0) is 18.6 Å². The average Bonchev–Trinajstić information content (AvgIpc) is 2.69. The predicted molar refractivity (Wildman–Crippen MR) is 83.3 cm³/mol. The highest BCUT2D eigenvalue weighted by molar-refractivity contribution is 6.17. The normalized spacial score (nSPS) is 13.7. The molecule has 0 aromatic heterocycles. The summed E-state index contributed by atoms with van der Waals surface area (Å²) in [4.78, 5) is 15.3. The number of aliphatic imine (C=N–C) groups is 1. The Balaban J connectivity index is 2.20. The summed E-state index contributed by atoms with van der Waals surface area (Å²) in [5.41, 5.74) is 4.70. The van der Waals surface area contributed by atoms with Gasteiger partial charge in [0.25, 0.3) is 5.69 Å². The Kier molecular flexibility index (Phi) is 3.39.